The predicted molar refractivity (Wildman–Crippen MR) is 82.2 cm³/mol. The van der Waals surface area contributed by atoms with E-state index in [9.17, 15) is 4.79 Å². The zero-order chi connectivity index (χ0) is 14.7. The molecule has 0 saturated heterocycles. The van der Waals surface area contributed by atoms with Gasteiger partial charge in [0.25, 0.3) is 0 Å². The summed E-state index contributed by atoms with van der Waals surface area (Å²) in [5.41, 5.74) is 3.57. The molecule has 3 atom stereocenters. The lowest BCUT2D eigenvalue weighted by atomic mass is 9.95. The highest BCUT2D eigenvalue weighted by atomic mass is 16.5. The molecule has 0 aromatic heterocycles. The highest BCUT2D eigenvalue weighted by Gasteiger charge is 2.34. The lowest BCUT2D eigenvalue weighted by Crippen LogP contribution is -2.21. The standard InChI is InChI=1S/C17H20N2O2/c1-21-16-6-3-12(4-7-16)10-17(20)19-18-11-15-9-13-2-5-14(15)8-13/h2-7,11,13-15H,8-10H2,1H3,(H,19,20)/b18-11-/t13-,14+,15-/m0/s1. The first-order valence-corrected chi connectivity index (χ1v) is 7.38. The topological polar surface area (TPSA) is 50.7 Å². The second kappa shape index (κ2) is 6.12. The lowest BCUT2D eigenvalue weighted by Gasteiger charge is -2.11. The molecule has 0 heterocycles. The minimum absolute atomic E-state index is 0.0879. The first-order valence-electron chi connectivity index (χ1n) is 7.38. The fourth-order valence-corrected chi connectivity index (χ4v) is 3.17. The normalized spacial score (nSPS) is 26.4. The van der Waals surface area contributed by atoms with Gasteiger partial charge in [-0.05, 0) is 42.4 Å². The van der Waals surface area contributed by atoms with Crippen molar-refractivity contribution in [2.24, 2.45) is 22.9 Å². The summed E-state index contributed by atoms with van der Waals surface area (Å²) in [7, 11) is 1.63. The van der Waals surface area contributed by atoms with Gasteiger partial charge in [-0.2, -0.15) is 5.10 Å². The number of carbonyl (C=O) groups is 1. The lowest BCUT2D eigenvalue weighted by molar-refractivity contribution is -0.120. The number of ether oxygens (including phenoxy) is 1. The van der Waals surface area contributed by atoms with Gasteiger partial charge in [-0.15, -0.1) is 0 Å². The van der Waals surface area contributed by atoms with Crippen LogP contribution in [-0.2, 0) is 11.2 Å². The Balaban J connectivity index is 1.46. The molecule has 1 aromatic carbocycles. The van der Waals surface area contributed by atoms with E-state index in [1.165, 1.54) is 12.8 Å². The van der Waals surface area contributed by atoms with Crippen molar-refractivity contribution < 1.29 is 9.53 Å². The average Bonchev–Trinajstić information content (AvgIpc) is 3.11. The number of methoxy groups -OCH3 is 1. The maximum Gasteiger partial charge on any atom is 0.244 e. The van der Waals surface area contributed by atoms with Crippen LogP contribution in [0.3, 0.4) is 0 Å². The molecule has 4 nitrogen and oxygen atoms in total. The molecule has 3 rings (SSSR count). The van der Waals surface area contributed by atoms with E-state index in [1.807, 2.05) is 30.5 Å². The Labute approximate surface area is 124 Å². The summed E-state index contributed by atoms with van der Waals surface area (Å²) in [5.74, 6) is 2.54. The van der Waals surface area contributed by atoms with Crippen LogP contribution in [0.5, 0.6) is 5.75 Å². The zero-order valence-corrected chi connectivity index (χ0v) is 12.2. The van der Waals surface area contributed by atoms with Crippen LogP contribution in [0.4, 0.5) is 0 Å². The molecule has 110 valence electrons. The molecule has 0 radical (unpaired) electrons. The zero-order valence-electron chi connectivity index (χ0n) is 12.2. The van der Waals surface area contributed by atoms with E-state index in [4.69, 9.17) is 4.74 Å². The van der Waals surface area contributed by atoms with Crippen LogP contribution in [0.25, 0.3) is 0 Å². The Morgan fingerprint density at radius 2 is 2.14 bits per heavy atom. The van der Waals surface area contributed by atoms with Crippen molar-refractivity contribution in [1.29, 1.82) is 0 Å². The van der Waals surface area contributed by atoms with Crippen LogP contribution in [0.1, 0.15) is 18.4 Å². The number of hydrogen-bond donors (Lipinski definition) is 1. The van der Waals surface area contributed by atoms with Crippen LogP contribution in [0, 0.1) is 17.8 Å². The number of nitrogens with one attached hydrogen (secondary N) is 1. The molecule has 1 N–H and O–H groups in total. The summed E-state index contributed by atoms with van der Waals surface area (Å²) < 4.78 is 5.09. The molecule has 21 heavy (non-hydrogen) atoms. The van der Waals surface area contributed by atoms with Gasteiger partial charge < -0.3 is 4.74 Å². The number of fused-ring (bicyclic) bond motifs is 2. The average molecular weight is 284 g/mol. The van der Waals surface area contributed by atoms with Crippen LogP contribution in [-0.4, -0.2) is 19.2 Å². The molecule has 1 fully saturated rings. The van der Waals surface area contributed by atoms with Crippen molar-refractivity contribution in [1.82, 2.24) is 5.43 Å². The maximum atomic E-state index is 11.8. The number of amides is 1. The molecular formula is C17H20N2O2. The molecule has 1 aromatic rings. The number of hydrogen-bond acceptors (Lipinski definition) is 3. The van der Waals surface area contributed by atoms with Gasteiger partial charge in [0.1, 0.15) is 5.75 Å². The van der Waals surface area contributed by atoms with Crippen molar-refractivity contribution in [2.45, 2.75) is 19.3 Å². The Hall–Kier alpha value is -2.10. The predicted octanol–water partition coefficient (Wildman–Crippen LogP) is 2.55. The third kappa shape index (κ3) is 3.32. The fourth-order valence-electron chi connectivity index (χ4n) is 3.17. The molecule has 0 unspecified atom stereocenters. The number of benzene rings is 1. The summed E-state index contributed by atoms with van der Waals surface area (Å²) in [6.45, 7) is 0. The summed E-state index contributed by atoms with van der Waals surface area (Å²) in [6, 6.07) is 7.49. The van der Waals surface area contributed by atoms with Crippen LogP contribution < -0.4 is 10.2 Å². The van der Waals surface area contributed by atoms with Crippen molar-refractivity contribution in [3.63, 3.8) is 0 Å². The number of rotatable bonds is 5. The van der Waals surface area contributed by atoms with Crippen molar-refractivity contribution in [3.05, 3.63) is 42.0 Å². The Morgan fingerprint density at radius 1 is 1.33 bits per heavy atom. The molecular weight excluding hydrogens is 264 g/mol. The van der Waals surface area contributed by atoms with E-state index < -0.39 is 0 Å². The monoisotopic (exact) mass is 284 g/mol. The second-order valence-electron chi connectivity index (χ2n) is 5.78. The number of allylic oxidation sites excluding steroid dienone is 2. The summed E-state index contributed by atoms with van der Waals surface area (Å²) in [4.78, 5) is 11.8. The molecule has 4 heteroatoms. The van der Waals surface area contributed by atoms with Gasteiger partial charge in [0, 0.05) is 12.1 Å². The van der Waals surface area contributed by atoms with E-state index >= 15 is 0 Å². The third-order valence-electron chi connectivity index (χ3n) is 4.31. The van der Waals surface area contributed by atoms with Gasteiger partial charge in [0.15, 0.2) is 0 Å². The molecule has 0 spiro atoms. The highest BCUT2D eigenvalue weighted by Crippen LogP contribution is 2.42. The quantitative estimate of drug-likeness (QED) is 0.513. The second-order valence-corrected chi connectivity index (χ2v) is 5.78. The van der Waals surface area contributed by atoms with Crippen LogP contribution in [0.2, 0.25) is 0 Å². The molecule has 0 aliphatic heterocycles. The van der Waals surface area contributed by atoms with E-state index in [0.717, 1.165) is 17.2 Å². The summed E-state index contributed by atoms with van der Waals surface area (Å²) in [5, 5.41) is 4.12. The molecule has 1 amide bonds. The van der Waals surface area contributed by atoms with Crippen LogP contribution in [0.15, 0.2) is 41.5 Å². The molecule has 2 aliphatic rings. The molecule has 1 saturated carbocycles. The first-order chi connectivity index (χ1) is 10.2. The summed E-state index contributed by atoms with van der Waals surface area (Å²) in [6.07, 6.45) is 9.23. The van der Waals surface area contributed by atoms with Gasteiger partial charge in [0.05, 0.1) is 13.5 Å². The highest BCUT2D eigenvalue weighted by molar-refractivity contribution is 5.79. The third-order valence-corrected chi connectivity index (χ3v) is 4.31. The maximum absolute atomic E-state index is 11.8. The first kappa shape index (κ1) is 13.9. The van der Waals surface area contributed by atoms with Gasteiger partial charge in [-0.25, -0.2) is 5.43 Å². The van der Waals surface area contributed by atoms with Crippen LogP contribution >= 0.6 is 0 Å². The van der Waals surface area contributed by atoms with Crippen molar-refractivity contribution in [2.75, 3.05) is 7.11 Å². The van der Waals surface area contributed by atoms with Gasteiger partial charge >= 0.3 is 0 Å². The van der Waals surface area contributed by atoms with Gasteiger partial charge in [-0.1, -0.05) is 24.3 Å². The Morgan fingerprint density at radius 3 is 2.76 bits per heavy atom. The fraction of sp³-hybridized carbons (Fsp3) is 0.412. The van der Waals surface area contributed by atoms with Crippen molar-refractivity contribution in [3.8, 4) is 5.75 Å². The number of nitrogens with zero attached hydrogens (tertiary/aromatic N) is 1. The van der Waals surface area contributed by atoms with E-state index in [1.54, 1.807) is 7.11 Å². The van der Waals surface area contributed by atoms with Crippen molar-refractivity contribution >= 4 is 12.1 Å². The van der Waals surface area contributed by atoms with E-state index in [-0.39, 0.29) is 5.91 Å². The smallest absolute Gasteiger partial charge is 0.244 e. The largest absolute Gasteiger partial charge is 0.497 e. The number of carbonyl (C=O) groups excluding carboxylic acids is 1. The van der Waals surface area contributed by atoms with Gasteiger partial charge in [-0.3, -0.25) is 4.79 Å². The van der Waals surface area contributed by atoms with E-state index in [0.29, 0.717) is 18.3 Å². The SMILES string of the molecule is COc1ccc(CC(=O)N/N=C\[C@@H]2C[C@H]3C=C[C@@H]2C3)cc1. The minimum Gasteiger partial charge on any atom is -0.497 e. The Kier molecular flexibility index (Phi) is 4.04. The molecule has 2 aliphatic carbocycles. The van der Waals surface area contributed by atoms with E-state index in [2.05, 4.69) is 22.7 Å². The number of hydrazone groups is 1. The Bertz CT molecular complexity index is 563. The summed E-state index contributed by atoms with van der Waals surface area (Å²) >= 11 is 0. The van der Waals surface area contributed by atoms with Gasteiger partial charge in [0.2, 0.25) is 5.91 Å². The molecule has 2 bridgehead atoms. The minimum atomic E-state index is -0.0879.